The first kappa shape index (κ1) is 57.4. The van der Waals surface area contributed by atoms with Crippen molar-refractivity contribution in [2.75, 3.05) is 0 Å². The van der Waals surface area contributed by atoms with Crippen LogP contribution in [-0.4, -0.2) is 18.3 Å². The molecule has 0 fully saturated rings. The number of nitrogens with zero attached hydrogens (tertiary/aromatic N) is 4. The average Bonchev–Trinajstić information content (AvgIpc) is 1.55. The normalized spacial score (nSPS) is 11.9. The molecule has 102 heavy (non-hydrogen) atoms. The van der Waals surface area contributed by atoms with Gasteiger partial charge >= 0.3 is 0 Å². The van der Waals surface area contributed by atoms with Gasteiger partial charge in [0.25, 0.3) is 0 Å². The highest BCUT2D eigenvalue weighted by atomic mass is 16.3. The third kappa shape index (κ3) is 8.99. The minimum absolute atomic E-state index is 0.905. The zero-order valence-electron chi connectivity index (χ0n) is 55.2. The molecule has 16 aromatic carbocycles. The van der Waals surface area contributed by atoms with Crippen LogP contribution in [-0.2, 0) is 0 Å². The monoisotopic (exact) mass is 1300 g/mol. The number of hydrogen-bond acceptors (Lipinski definition) is 2. The van der Waals surface area contributed by atoms with E-state index in [9.17, 15) is 0 Å². The second kappa shape index (κ2) is 23.0. The first-order valence-electron chi connectivity index (χ1n) is 34.9. The summed E-state index contributed by atoms with van der Waals surface area (Å²) >= 11 is 0. The summed E-state index contributed by atoms with van der Waals surface area (Å²) in [6.07, 6.45) is 0. The van der Waals surface area contributed by atoms with Crippen molar-refractivity contribution >= 4 is 131 Å². The van der Waals surface area contributed by atoms with E-state index in [1.807, 2.05) is 12.1 Å². The first-order chi connectivity index (χ1) is 50.6. The lowest BCUT2D eigenvalue weighted by Gasteiger charge is -2.12. The summed E-state index contributed by atoms with van der Waals surface area (Å²) in [4.78, 5) is 0. The molecule has 0 unspecified atom stereocenters. The molecular formula is C96H60N4O2. The number of fused-ring (bicyclic) bond motifs is 20. The van der Waals surface area contributed by atoms with E-state index in [1.165, 1.54) is 110 Å². The zero-order chi connectivity index (χ0) is 66.9. The number of benzene rings is 16. The molecule has 0 saturated carbocycles. The van der Waals surface area contributed by atoms with Gasteiger partial charge in [-0.15, -0.1) is 0 Å². The Kier molecular flexibility index (Phi) is 12.9. The maximum atomic E-state index is 6.66. The van der Waals surface area contributed by atoms with Gasteiger partial charge in [0.1, 0.15) is 11.2 Å². The van der Waals surface area contributed by atoms with Gasteiger partial charge in [-0.05, 0) is 160 Å². The highest BCUT2D eigenvalue weighted by molar-refractivity contribution is 6.27. The fraction of sp³-hybridized carbons (Fsp3) is 0. The van der Waals surface area contributed by atoms with Crippen LogP contribution in [0.4, 0.5) is 0 Å². The average molecular weight is 1300 g/mol. The molecule has 0 bridgehead atoms. The third-order valence-electron chi connectivity index (χ3n) is 21.0. The summed E-state index contributed by atoms with van der Waals surface area (Å²) in [6, 6.07) is 131. The molecule has 0 N–H and O–H groups in total. The van der Waals surface area contributed by atoms with Crippen LogP contribution in [0.2, 0.25) is 0 Å². The van der Waals surface area contributed by atoms with Gasteiger partial charge in [0.15, 0.2) is 11.2 Å². The van der Waals surface area contributed by atoms with Crippen LogP contribution >= 0.6 is 0 Å². The molecule has 6 aromatic heterocycles. The van der Waals surface area contributed by atoms with Crippen molar-refractivity contribution in [1.82, 2.24) is 18.3 Å². The van der Waals surface area contributed by atoms with Crippen molar-refractivity contribution in [2.24, 2.45) is 0 Å². The number of rotatable bonds is 8. The fourth-order valence-electron chi connectivity index (χ4n) is 16.3. The first-order valence-corrected chi connectivity index (χ1v) is 34.9. The highest BCUT2D eigenvalue weighted by Crippen LogP contribution is 2.47. The van der Waals surface area contributed by atoms with Crippen molar-refractivity contribution in [3.05, 3.63) is 364 Å². The van der Waals surface area contributed by atoms with Crippen LogP contribution in [0.25, 0.3) is 198 Å². The Bertz CT molecular complexity index is 7070. The quantitative estimate of drug-likeness (QED) is 0.152. The summed E-state index contributed by atoms with van der Waals surface area (Å²) in [5.74, 6) is 0. The van der Waals surface area contributed by atoms with Gasteiger partial charge in [0, 0.05) is 87.4 Å². The highest BCUT2D eigenvalue weighted by Gasteiger charge is 2.25. The van der Waals surface area contributed by atoms with E-state index in [0.29, 0.717) is 0 Å². The minimum Gasteiger partial charge on any atom is -0.454 e. The molecule has 0 spiro atoms. The predicted molar refractivity (Wildman–Crippen MR) is 427 cm³/mol. The molecular weight excluding hydrogens is 1240 g/mol. The molecule has 0 saturated heterocycles. The van der Waals surface area contributed by atoms with Gasteiger partial charge in [-0.25, -0.2) is 0 Å². The SMILES string of the molecule is c1ccc(-c2ccc(-c3cccc(-n4c5ccccc5c5cc6c7ccc8c9ccccc9oc8c7n(-c7ccccc7)c6cc54)c3)cc2)cc1.c1ccc(-c2cccc(-c3ccc(-n4c5ccccc5c5cc6c7ccc8c9ccccc9oc8c7n(-c7ccccc7)c6cc54)cc3)c2)cc1. The molecule has 0 aliphatic carbocycles. The summed E-state index contributed by atoms with van der Waals surface area (Å²) in [5.41, 5.74) is 27.0. The van der Waals surface area contributed by atoms with Crippen molar-refractivity contribution in [2.45, 2.75) is 0 Å². The molecule has 476 valence electrons. The molecule has 6 heterocycles. The van der Waals surface area contributed by atoms with Gasteiger partial charge in [0.2, 0.25) is 0 Å². The van der Waals surface area contributed by atoms with E-state index in [-0.39, 0.29) is 0 Å². The summed E-state index contributed by atoms with van der Waals surface area (Å²) < 4.78 is 22.9. The van der Waals surface area contributed by atoms with Crippen LogP contribution in [0.1, 0.15) is 0 Å². The molecule has 0 aliphatic heterocycles. The van der Waals surface area contributed by atoms with Gasteiger partial charge in [-0.2, -0.15) is 0 Å². The Hall–Kier alpha value is -13.7. The van der Waals surface area contributed by atoms with Gasteiger partial charge in [-0.3, -0.25) is 0 Å². The lowest BCUT2D eigenvalue weighted by Crippen LogP contribution is -1.96. The van der Waals surface area contributed by atoms with Crippen LogP contribution < -0.4 is 0 Å². The molecule has 6 heteroatoms. The Balaban J connectivity index is 0.000000133. The minimum atomic E-state index is 0.905. The second-order valence-corrected chi connectivity index (χ2v) is 26.7. The van der Waals surface area contributed by atoms with E-state index in [4.69, 9.17) is 8.83 Å². The number of hydrogen-bond donors (Lipinski definition) is 0. The second-order valence-electron chi connectivity index (χ2n) is 26.7. The lowest BCUT2D eigenvalue weighted by atomic mass is 9.99. The van der Waals surface area contributed by atoms with E-state index in [1.54, 1.807) is 0 Å². The summed E-state index contributed by atoms with van der Waals surface area (Å²) in [7, 11) is 0. The lowest BCUT2D eigenvalue weighted by molar-refractivity contribution is 0.670. The molecule has 0 atom stereocenters. The van der Waals surface area contributed by atoms with Crippen LogP contribution in [0.5, 0.6) is 0 Å². The van der Waals surface area contributed by atoms with Gasteiger partial charge < -0.3 is 27.1 Å². The van der Waals surface area contributed by atoms with Crippen molar-refractivity contribution < 1.29 is 8.83 Å². The number of furan rings is 2. The van der Waals surface area contributed by atoms with Crippen LogP contribution in [0, 0.1) is 0 Å². The van der Waals surface area contributed by atoms with Gasteiger partial charge in [-0.1, -0.05) is 249 Å². The Morgan fingerprint density at radius 2 is 0.471 bits per heavy atom. The summed E-state index contributed by atoms with van der Waals surface area (Å²) in [5, 5.41) is 14.2. The summed E-state index contributed by atoms with van der Waals surface area (Å²) in [6.45, 7) is 0. The molecule has 6 nitrogen and oxygen atoms in total. The fourth-order valence-corrected chi connectivity index (χ4v) is 16.3. The Labute approximate surface area is 585 Å². The number of aromatic nitrogens is 4. The largest absolute Gasteiger partial charge is 0.454 e. The molecule has 22 rings (SSSR count). The van der Waals surface area contributed by atoms with Crippen molar-refractivity contribution in [3.8, 4) is 67.3 Å². The third-order valence-corrected chi connectivity index (χ3v) is 21.0. The molecule has 0 radical (unpaired) electrons. The van der Waals surface area contributed by atoms with Crippen molar-refractivity contribution in [3.63, 3.8) is 0 Å². The molecule has 0 amide bonds. The van der Waals surface area contributed by atoms with E-state index in [0.717, 1.165) is 88.7 Å². The van der Waals surface area contributed by atoms with Crippen molar-refractivity contribution in [1.29, 1.82) is 0 Å². The smallest absolute Gasteiger partial charge is 0.160 e. The number of para-hydroxylation sites is 6. The standard InChI is InChI=1S/2C48H30N2O/c1-3-12-31(13-4-1)33-14-11-15-34(28-33)32-22-24-36(25-23-32)49-43-20-9-7-18-37(43)41-29-42-39-26-27-40-38-19-8-10-21-46(38)51-48(40)47(39)50(45(42)30-44(41)49)35-16-5-2-6-17-35;1-3-12-31(13-4-1)32-22-24-33(25-23-32)34-14-11-17-36(28-34)49-43-20-9-7-18-37(43)41-29-42-39-26-27-40-38-19-8-10-21-46(38)51-48(40)47(39)50(45(42)30-44(41)49)35-15-5-2-6-16-35/h2*1-30H. The van der Waals surface area contributed by atoms with E-state index >= 15 is 0 Å². The Morgan fingerprint density at radius 1 is 0.157 bits per heavy atom. The van der Waals surface area contributed by atoms with Gasteiger partial charge in [0.05, 0.1) is 44.1 Å². The van der Waals surface area contributed by atoms with Crippen LogP contribution in [0.3, 0.4) is 0 Å². The predicted octanol–water partition coefficient (Wildman–Crippen LogP) is 26.2. The Morgan fingerprint density at radius 3 is 0.961 bits per heavy atom. The topological polar surface area (TPSA) is 46.0 Å². The van der Waals surface area contributed by atoms with E-state index in [2.05, 4.69) is 370 Å². The van der Waals surface area contributed by atoms with Crippen LogP contribution in [0.15, 0.2) is 373 Å². The molecule has 0 aliphatic rings. The molecule has 22 aromatic rings. The maximum Gasteiger partial charge on any atom is 0.160 e. The van der Waals surface area contributed by atoms with E-state index < -0.39 is 0 Å². The zero-order valence-corrected chi connectivity index (χ0v) is 55.2. The maximum absolute atomic E-state index is 6.66.